The van der Waals surface area contributed by atoms with Crippen LogP contribution in [0.25, 0.3) is 0 Å². The van der Waals surface area contributed by atoms with E-state index in [1.54, 1.807) is 0 Å². The van der Waals surface area contributed by atoms with Crippen LogP contribution in [0.3, 0.4) is 0 Å². The first-order valence-electron chi connectivity index (χ1n) is 7.12. The molecule has 0 aliphatic heterocycles. The standard InChI is InChI=1S/C16H26ClN/c1-3-4-5-6-7-10-13-16(2,18)14-11-8-9-12-15(14)17/h8-9,11-12H,3-7,10,13,18H2,1-2H3. The van der Waals surface area contributed by atoms with E-state index in [1.165, 1.54) is 38.5 Å². The summed E-state index contributed by atoms with van der Waals surface area (Å²) >= 11 is 6.21. The third-order valence-corrected chi connectivity index (χ3v) is 3.87. The average molecular weight is 268 g/mol. The molecule has 0 fully saturated rings. The van der Waals surface area contributed by atoms with Gasteiger partial charge in [0.25, 0.3) is 0 Å². The van der Waals surface area contributed by atoms with Crippen molar-refractivity contribution in [2.24, 2.45) is 5.73 Å². The molecule has 0 saturated heterocycles. The van der Waals surface area contributed by atoms with Crippen molar-refractivity contribution in [2.45, 2.75) is 64.3 Å². The lowest BCUT2D eigenvalue weighted by atomic mass is 9.87. The normalized spacial score (nSPS) is 14.4. The van der Waals surface area contributed by atoms with Crippen molar-refractivity contribution in [2.75, 3.05) is 0 Å². The van der Waals surface area contributed by atoms with Crippen molar-refractivity contribution in [3.63, 3.8) is 0 Å². The van der Waals surface area contributed by atoms with Crippen molar-refractivity contribution in [1.82, 2.24) is 0 Å². The van der Waals surface area contributed by atoms with Gasteiger partial charge in [0.1, 0.15) is 0 Å². The Balaban J connectivity index is 2.38. The van der Waals surface area contributed by atoms with Gasteiger partial charge in [-0.05, 0) is 25.0 Å². The van der Waals surface area contributed by atoms with Crippen LogP contribution in [0.1, 0.15) is 64.4 Å². The highest BCUT2D eigenvalue weighted by Crippen LogP contribution is 2.30. The molecule has 0 aliphatic carbocycles. The zero-order chi connectivity index (χ0) is 13.4. The maximum absolute atomic E-state index is 6.40. The monoisotopic (exact) mass is 267 g/mol. The molecule has 2 N–H and O–H groups in total. The molecule has 102 valence electrons. The molecule has 1 unspecified atom stereocenters. The molecule has 18 heavy (non-hydrogen) atoms. The molecule has 0 saturated carbocycles. The number of rotatable bonds is 8. The SMILES string of the molecule is CCCCCCCCC(C)(N)c1ccccc1Cl. The Morgan fingerprint density at radius 2 is 1.67 bits per heavy atom. The van der Waals surface area contributed by atoms with Gasteiger partial charge in [-0.25, -0.2) is 0 Å². The maximum atomic E-state index is 6.40. The predicted octanol–water partition coefficient (Wildman–Crippen LogP) is 5.26. The topological polar surface area (TPSA) is 26.0 Å². The second-order valence-corrected chi connectivity index (χ2v) is 5.82. The predicted molar refractivity (Wildman–Crippen MR) is 81.0 cm³/mol. The minimum atomic E-state index is -0.302. The molecule has 1 atom stereocenters. The Hall–Kier alpha value is -0.530. The van der Waals surface area contributed by atoms with Gasteiger partial charge in [0, 0.05) is 10.6 Å². The molecule has 0 heterocycles. The number of hydrogen-bond donors (Lipinski definition) is 1. The lowest BCUT2D eigenvalue weighted by Gasteiger charge is -2.26. The first kappa shape index (κ1) is 15.5. The minimum absolute atomic E-state index is 0.302. The molecule has 0 aromatic heterocycles. The van der Waals surface area contributed by atoms with Gasteiger partial charge < -0.3 is 5.73 Å². The van der Waals surface area contributed by atoms with E-state index >= 15 is 0 Å². The molecule has 0 spiro atoms. The van der Waals surface area contributed by atoms with Crippen LogP contribution in [-0.2, 0) is 5.54 Å². The molecule has 1 aromatic rings. The van der Waals surface area contributed by atoms with Gasteiger partial charge in [0.2, 0.25) is 0 Å². The second kappa shape index (κ2) is 7.81. The summed E-state index contributed by atoms with van der Waals surface area (Å²) in [5.74, 6) is 0. The summed E-state index contributed by atoms with van der Waals surface area (Å²) in [6, 6.07) is 7.92. The van der Waals surface area contributed by atoms with Crippen molar-refractivity contribution >= 4 is 11.6 Å². The number of halogens is 1. The number of benzene rings is 1. The smallest absolute Gasteiger partial charge is 0.0456 e. The van der Waals surface area contributed by atoms with E-state index in [0.717, 1.165) is 17.0 Å². The molecular weight excluding hydrogens is 242 g/mol. The summed E-state index contributed by atoms with van der Waals surface area (Å²) in [5, 5.41) is 0.786. The highest BCUT2D eigenvalue weighted by atomic mass is 35.5. The summed E-state index contributed by atoms with van der Waals surface area (Å²) in [6.45, 7) is 4.33. The van der Waals surface area contributed by atoms with Crippen molar-refractivity contribution in [1.29, 1.82) is 0 Å². The van der Waals surface area contributed by atoms with Gasteiger partial charge in [-0.1, -0.05) is 75.2 Å². The molecule has 0 bridgehead atoms. The largest absolute Gasteiger partial charge is 0.322 e. The Bertz CT molecular complexity index is 347. The average Bonchev–Trinajstić information content (AvgIpc) is 2.34. The van der Waals surface area contributed by atoms with Crippen molar-refractivity contribution in [3.05, 3.63) is 34.9 Å². The van der Waals surface area contributed by atoms with Crippen LogP contribution in [0.2, 0.25) is 5.02 Å². The summed E-state index contributed by atoms with van der Waals surface area (Å²) in [5.41, 5.74) is 7.16. The Labute approximate surface area is 117 Å². The second-order valence-electron chi connectivity index (χ2n) is 5.42. The lowest BCUT2D eigenvalue weighted by Crippen LogP contribution is -2.33. The van der Waals surface area contributed by atoms with Gasteiger partial charge in [-0.15, -0.1) is 0 Å². The third-order valence-electron chi connectivity index (χ3n) is 3.54. The zero-order valence-electron chi connectivity index (χ0n) is 11.7. The highest BCUT2D eigenvalue weighted by Gasteiger charge is 2.22. The number of nitrogens with two attached hydrogens (primary N) is 1. The summed E-state index contributed by atoms with van der Waals surface area (Å²) in [4.78, 5) is 0. The Morgan fingerprint density at radius 3 is 2.33 bits per heavy atom. The first-order chi connectivity index (χ1) is 8.58. The number of unbranched alkanes of at least 4 members (excludes halogenated alkanes) is 5. The third kappa shape index (κ3) is 4.99. The fraction of sp³-hybridized carbons (Fsp3) is 0.625. The molecule has 2 heteroatoms. The van der Waals surface area contributed by atoms with Crippen molar-refractivity contribution < 1.29 is 0 Å². The summed E-state index contributed by atoms with van der Waals surface area (Å²) in [7, 11) is 0. The first-order valence-corrected chi connectivity index (χ1v) is 7.49. The molecule has 1 nitrogen and oxygen atoms in total. The van der Waals surface area contributed by atoms with Crippen LogP contribution >= 0.6 is 11.6 Å². The van der Waals surface area contributed by atoms with Gasteiger partial charge >= 0.3 is 0 Å². The maximum Gasteiger partial charge on any atom is 0.0456 e. The van der Waals surface area contributed by atoms with Gasteiger partial charge in [-0.3, -0.25) is 0 Å². The minimum Gasteiger partial charge on any atom is -0.322 e. The van der Waals surface area contributed by atoms with Crippen LogP contribution in [0.5, 0.6) is 0 Å². The van der Waals surface area contributed by atoms with Crippen LogP contribution in [0.15, 0.2) is 24.3 Å². The van der Waals surface area contributed by atoms with E-state index < -0.39 is 0 Å². The van der Waals surface area contributed by atoms with E-state index in [1.807, 2.05) is 24.3 Å². The molecule has 0 radical (unpaired) electrons. The van der Waals surface area contributed by atoms with Crippen molar-refractivity contribution in [3.8, 4) is 0 Å². The molecule has 1 aromatic carbocycles. The van der Waals surface area contributed by atoms with E-state index in [2.05, 4.69) is 13.8 Å². The highest BCUT2D eigenvalue weighted by molar-refractivity contribution is 6.31. The Kier molecular flexibility index (Phi) is 6.73. The van der Waals surface area contributed by atoms with Crippen LogP contribution in [0, 0.1) is 0 Å². The zero-order valence-corrected chi connectivity index (χ0v) is 12.5. The van der Waals surface area contributed by atoms with E-state index in [0.29, 0.717) is 0 Å². The van der Waals surface area contributed by atoms with E-state index in [4.69, 9.17) is 17.3 Å². The Morgan fingerprint density at radius 1 is 1.06 bits per heavy atom. The summed E-state index contributed by atoms with van der Waals surface area (Å²) < 4.78 is 0. The fourth-order valence-corrected chi connectivity index (χ4v) is 2.68. The summed E-state index contributed by atoms with van der Waals surface area (Å²) in [6.07, 6.45) is 8.79. The molecule has 1 rings (SSSR count). The quantitative estimate of drug-likeness (QED) is 0.639. The van der Waals surface area contributed by atoms with Gasteiger partial charge in [0.15, 0.2) is 0 Å². The van der Waals surface area contributed by atoms with Crippen LogP contribution in [-0.4, -0.2) is 0 Å². The lowest BCUT2D eigenvalue weighted by molar-refractivity contribution is 0.421. The van der Waals surface area contributed by atoms with Gasteiger partial charge in [-0.2, -0.15) is 0 Å². The van der Waals surface area contributed by atoms with Crippen LogP contribution in [0.4, 0.5) is 0 Å². The fourth-order valence-electron chi connectivity index (χ4n) is 2.33. The molecule has 0 amide bonds. The van der Waals surface area contributed by atoms with E-state index in [-0.39, 0.29) is 5.54 Å². The van der Waals surface area contributed by atoms with Gasteiger partial charge in [0.05, 0.1) is 0 Å². The molecule has 0 aliphatic rings. The van der Waals surface area contributed by atoms with Crippen LogP contribution < -0.4 is 5.73 Å². The number of hydrogen-bond acceptors (Lipinski definition) is 1. The molecular formula is C16H26ClN. The van der Waals surface area contributed by atoms with E-state index in [9.17, 15) is 0 Å².